The van der Waals surface area contributed by atoms with Gasteiger partial charge in [0.2, 0.25) is 0 Å². The van der Waals surface area contributed by atoms with E-state index in [9.17, 15) is 0 Å². The molecule has 0 radical (unpaired) electrons. The standard InChI is InChI=1S/C17H21NO/c1-15(2)18(13-16-9-5-3-6-10-16)19-14-17-11-7-4-8-12-17/h3-12,15H,13-14H2,1-2H3. The molecule has 0 saturated heterocycles. The van der Waals surface area contributed by atoms with E-state index in [1.165, 1.54) is 11.1 Å². The van der Waals surface area contributed by atoms with Crippen molar-refractivity contribution in [2.75, 3.05) is 0 Å². The molecule has 0 unspecified atom stereocenters. The molecule has 2 heteroatoms. The molecule has 0 aromatic heterocycles. The Hall–Kier alpha value is -1.64. The zero-order chi connectivity index (χ0) is 13.5. The lowest BCUT2D eigenvalue weighted by Crippen LogP contribution is -2.30. The quantitative estimate of drug-likeness (QED) is 0.723. The smallest absolute Gasteiger partial charge is 0.0936 e. The molecule has 2 aromatic carbocycles. The molecular weight excluding hydrogens is 234 g/mol. The van der Waals surface area contributed by atoms with Gasteiger partial charge in [0.05, 0.1) is 6.61 Å². The van der Waals surface area contributed by atoms with E-state index in [1.807, 2.05) is 29.3 Å². The third-order valence-electron chi connectivity index (χ3n) is 3.00. The molecule has 0 bridgehead atoms. The van der Waals surface area contributed by atoms with Gasteiger partial charge in [-0.25, -0.2) is 0 Å². The van der Waals surface area contributed by atoms with Gasteiger partial charge in [0.1, 0.15) is 0 Å². The highest BCUT2D eigenvalue weighted by molar-refractivity contribution is 5.15. The van der Waals surface area contributed by atoms with Gasteiger partial charge in [0.15, 0.2) is 0 Å². The predicted octanol–water partition coefficient (Wildman–Crippen LogP) is 4.03. The molecule has 0 spiro atoms. The van der Waals surface area contributed by atoms with E-state index >= 15 is 0 Å². The van der Waals surface area contributed by atoms with Crippen molar-refractivity contribution in [1.82, 2.24) is 5.06 Å². The van der Waals surface area contributed by atoms with Crippen LogP contribution >= 0.6 is 0 Å². The monoisotopic (exact) mass is 255 g/mol. The first-order valence-corrected chi connectivity index (χ1v) is 6.73. The lowest BCUT2D eigenvalue weighted by molar-refractivity contribution is -0.196. The number of hydrogen-bond donors (Lipinski definition) is 0. The van der Waals surface area contributed by atoms with Crippen LogP contribution in [0.15, 0.2) is 60.7 Å². The Labute approximate surface area is 115 Å². The SMILES string of the molecule is CC(C)N(Cc1ccccc1)OCc1ccccc1. The fourth-order valence-corrected chi connectivity index (χ4v) is 1.87. The maximum absolute atomic E-state index is 5.93. The highest BCUT2D eigenvalue weighted by Crippen LogP contribution is 2.11. The molecule has 100 valence electrons. The molecule has 0 heterocycles. The summed E-state index contributed by atoms with van der Waals surface area (Å²) in [4.78, 5) is 5.93. The van der Waals surface area contributed by atoms with Crippen molar-refractivity contribution in [1.29, 1.82) is 0 Å². The summed E-state index contributed by atoms with van der Waals surface area (Å²) >= 11 is 0. The van der Waals surface area contributed by atoms with Crippen molar-refractivity contribution in [3.05, 3.63) is 71.8 Å². The summed E-state index contributed by atoms with van der Waals surface area (Å²) in [5.41, 5.74) is 2.46. The van der Waals surface area contributed by atoms with Gasteiger partial charge < -0.3 is 0 Å². The van der Waals surface area contributed by atoms with Crippen LogP contribution in [0.2, 0.25) is 0 Å². The average molecular weight is 255 g/mol. The summed E-state index contributed by atoms with van der Waals surface area (Å²) in [6.07, 6.45) is 0. The third kappa shape index (κ3) is 4.51. The molecule has 0 amide bonds. The van der Waals surface area contributed by atoms with Crippen molar-refractivity contribution < 1.29 is 4.84 Å². The average Bonchev–Trinajstić information content (AvgIpc) is 2.45. The minimum Gasteiger partial charge on any atom is -0.294 e. The molecule has 0 atom stereocenters. The zero-order valence-electron chi connectivity index (χ0n) is 11.6. The van der Waals surface area contributed by atoms with Crippen molar-refractivity contribution in [3.8, 4) is 0 Å². The molecule has 2 nitrogen and oxygen atoms in total. The van der Waals surface area contributed by atoms with Gasteiger partial charge in [-0.3, -0.25) is 4.84 Å². The van der Waals surface area contributed by atoms with Crippen LogP contribution in [0.1, 0.15) is 25.0 Å². The summed E-state index contributed by atoms with van der Waals surface area (Å²) in [5.74, 6) is 0. The number of hydrogen-bond acceptors (Lipinski definition) is 2. The van der Waals surface area contributed by atoms with Crippen LogP contribution in [-0.4, -0.2) is 11.1 Å². The minimum absolute atomic E-state index is 0.351. The van der Waals surface area contributed by atoms with E-state index in [2.05, 4.69) is 50.2 Å². The van der Waals surface area contributed by atoms with Crippen LogP contribution in [0, 0.1) is 0 Å². The molecule has 0 saturated carbocycles. The second kappa shape index (κ2) is 7.07. The molecule has 19 heavy (non-hydrogen) atoms. The normalized spacial score (nSPS) is 11.2. The van der Waals surface area contributed by atoms with Gasteiger partial charge in [-0.2, -0.15) is 5.06 Å². The highest BCUT2D eigenvalue weighted by atomic mass is 16.7. The van der Waals surface area contributed by atoms with Crippen molar-refractivity contribution in [3.63, 3.8) is 0 Å². The summed E-state index contributed by atoms with van der Waals surface area (Å²) in [7, 11) is 0. The Morgan fingerprint density at radius 1 is 0.842 bits per heavy atom. The summed E-state index contributed by atoms with van der Waals surface area (Å²) in [6.45, 7) is 5.72. The van der Waals surface area contributed by atoms with Gasteiger partial charge in [-0.1, -0.05) is 60.7 Å². The van der Waals surface area contributed by atoms with E-state index in [0.717, 1.165) is 6.54 Å². The molecule has 0 aliphatic heterocycles. The number of rotatable bonds is 6. The Bertz CT molecular complexity index is 467. The largest absolute Gasteiger partial charge is 0.294 e. The van der Waals surface area contributed by atoms with Gasteiger partial charge in [-0.15, -0.1) is 0 Å². The molecule has 0 fully saturated rings. The molecule has 0 aliphatic rings. The summed E-state index contributed by atoms with van der Waals surface area (Å²) in [6, 6.07) is 21.0. The fraction of sp³-hybridized carbons (Fsp3) is 0.294. The van der Waals surface area contributed by atoms with Crippen LogP contribution in [0.3, 0.4) is 0 Å². The predicted molar refractivity (Wildman–Crippen MR) is 78.4 cm³/mol. The van der Waals surface area contributed by atoms with E-state index < -0.39 is 0 Å². The number of benzene rings is 2. The second-order valence-electron chi connectivity index (χ2n) is 4.91. The Morgan fingerprint density at radius 2 is 1.37 bits per heavy atom. The summed E-state index contributed by atoms with van der Waals surface area (Å²) < 4.78 is 0. The van der Waals surface area contributed by atoms with Gasteiger partial charge >= 0.3 is 0 Å². The first kappa shape index (κ1) is 13.8. The molecule has 2 aromatic rings. The maximum Gasteiger partial charge on any atom is 0.0936 e. The Kier molecular flexibility index (Phi) is 5.13. The first-order valence-electron chi connectivity index (χ1n) is 6.73. The molecule has 2 rings (SSSR count). The van der Waals surface area contributed by atoms with E-state index in [1.54, 1.807) is 0 Å². The second-order valence-corrected chi connectivity index (χ2v) is 4.91. The third-order valence-corrected chi connectivity index (χ3v) is 3.00. The Morgan fingerprint density at radius 3 is 1.89 bits per heavy atom. The lowest BCUT2D eigenvalue weighted by atomic mass is 10.2. The maximum atomic E-state index is 5.93. The van der Waals surface area contributed by atoms with Crippen molar-refractivity contribution >= 4 is 0 Å². The van der Waals surface area contributed by atoms with Crippen LogP contribution in [0.5, 0.6) is 0 Å². The van der Waals surface area contributed by atoms with E-state index in [-0.39, 0.29) is 0 Å². The van der Waals surface area contributed by atoms with Gasteiger partial charge in [0, 0.05) is 12.6 Å². The van der Waals surface area contributed by atoms with E-state index in [0.29, 0.717) is 12.6 Å². The Balaban J connectivity index is 1.93. The molecule has 0 N–H and O–H groups in total. The number of nitrogens with zero attached hydrogens (tertiary/aromatic N) is 1. The van der Waals surface area contributed by atoms with Gasteiger partial charge in [0.25, 0.3) is 0 Å². The van der Waals surface area contributed by atoms with Crippen LogP contribution in [-0.2, 0) is 18.0 Å². The topological polar surface area (TPSA) is 12.5 Å². The van der Waals surface area contributed by atoms with E-state index in [4.69, 9.17) is 4.84 Å². The van der Waals surface area contributed by atoms with Gasteiger partial charge in [-0.05, 0) is 25.0 Å². The minimum atomic E-state index is 0.351. The first-order chi connectivity index (χ1) is 9.25. The number of hydroxylamine groups is 2. The zero-order valence-corrected chi connectivity index (χ0v) is 11.6. The van der Waals surface area contributed by atoms with Crippen molar-refractivity contribution in [2.24, 2.45) is 0 Å². The molecule has 0 aliphatic carbocycles. The lowest BCUT2D eigenvalue weighted by Gasteiger charge is -2.25. The van der Waals surface area contributed by atoms with Crippen LogP contribution < -0.4 is 0 Å². The van der Waals surface area contributed by atoms with Crippen LogP contribution in [0.25, 0.3) is 0 Å². The fourth-order valence-electron chi connectivity index (χ4n) is 1.87. The highest BCUT2D eigenvalue weighted by Gasteiger charge is 2.10. The molecular formula is C17H21NO. The van der Waals surface area contributed by atoms with Crippen LogP contribution in [0.4, 0.5) is 0 Å². The van der Waals surface area contributed by atoms with Crippen molar-refractivity contribution in [2.45, 2.75) is 33.0 Å². The summed E-state index contributed by atoms with van der Waals surface area (Å²) in [5, 5.41) is 2.03.